The van der Waals surface area contributed by atoms with Crippen LogP contribution in [0.2, 0.25) is 0 Å². The van der Waals surface area contributed by atoms with Crippen LogP contribution in [-0.4, -0.2) is 24.2 Å². The Morgan fingerprint density at radius 3 is 2.50 bits per heavy atom. The van der Waals surface area contributed by atoms with Gasteiger partial charge in [0.25, 0.3) is 5.91 Å². The van der Waals surface area contributed by atoms with E-state index in [1.807, 2.05) is 27.7 Å². The summed E-state index contributed by atoms with van der Waals surface area (Å²) in [6.45, 7) is 7.87. The number of anilines is 2. The number of fused-ring (bicyclic) bond motifs is 1. The highest BCUT2D eigenvalue weighted by Gasteiger charge is 2.25. The van der Waals surface area contributed by atoms with Crippen molar-refractivity contribution in [2.45, 2.75) is 46.6 Å². The van der Waals surface area contributed by atoms with Crippen molar-refractivity contribution in [3.8, 4) is 17.1 Å². The normalized spacial score (nSPS) is 11.3. The summed E-state index contributed by atoms with van der Waals surface area (Å²) in [6, 6.07) is 9.44. The number of carbonyl (C=O) groups is 1. The number of hydrogen-bond donors (Lipinski definition) is 2. The summed E-state index contributed by atoms with van der Waals surface area (Å²) >= 11 is 0. The molecule has 2 aromatic heterocycles. The minimum absolute atomic E-state index is 0.108. The monoisotopic (exact) mass is 465 g/mol. The van der Waals surface area contributed by atoms with Crippen LogP contribution in [0, 0.1) is 5.82 Å². The molecule has 0 saturated heterocycles. The molecule has 0 radical (unpaired) electrons. The molecule has 0 fully saturated rings. The number of furan rings is 1. The fraction of sp³-hybridized carbons (Fsp3) is 0.308. The first-order chi connectivity index (χ1) is 16.4. The first-order valence-electron chi connectivity index (χ1n) is 11.4. The molecule has 0 saturated carbocycles. The predicted molar refractivity (Wildman–Crippen MR) is 129 cm³/mol. The second-order valence-electron chi connectivity index (χ2n) is 8.16. The number of hydrogen-bond acceptors (Lipinski definition) is 6. The summed E-state index contributed by atoms with van der Waals surface area (Å²) in [4.78, 5) is 12.9. The molecule has 2 heterocycles. The summed E-state index contributed by atoms with van der Waals surface area (Å²) in [7, 11) is 1.56. The third-order valence-corrected chi connectivity index (χ3v) is 5.46. The predicted octanol–water partition coefficient (Wildman–Crippen LogP) is 6.24. The van der Waals surface area contributed by atoms with Crippen molar-refractivity contribution in [2.24, 2.45) is 0 Å². The molecule has 8 heteroatoms. The Morgan fingerprint density at radius 1 is 1.15 bits per heavy atom. The molecule has 34 heavy (non-hydrogen) atoms. The SMILES string of the molecule is CCc1noc(CC)c1Nc1cc2oc(-c3ccc(F)cc3)c(C(=O)NC)c2cc1OC(C)C. The van der Waals surface area contributed by atoms with Crippen LogP contribution >= 0.6 is 0 Å². The van der Waals surface area contributed by atoms with Crippen LogP contribution < -0.4 is 15.4 Å². The van der Waals surface area contributed by atoms with E-state index in [9.17, 15) is 9.18 Å². The molecular weight excluding hydrogens is 437 g/mol. The average Bonchev–Trinajstić information content (AvgIpc) is 3.39. The summed E-state index contributed by atoms with van der Waals surface area (Å²) in [5.74, 6) is 0.979. The third-order valence-electron chi connectivity index (χ3n) is 5.46. The van der Waals surface area contributed by atoms with Crippen molar-refractivity contribution in [1.82, 2.24) is 10.5 Å². The molecule has 0 aliphatic heterocycles. The largest absolute Gasteiger partial charge is 0.489 e. The molecule has 7 nitrogen and oxygen atoms in total. The Hall–Kier alpha value is -3.81. The standard InChI is InChI=1S/C26H28FN3O4/c1-6-18-24(20(7-2)34-30-18)29-19-13-21-17(12-22(19)32-14(3)4)23(26(31)28-5)25(33-21)15-8-10-16(27)11-9-15/h8-14,29H,6-7H2,1-5H3,(H,28,31). The van der Waals surface area contributed by atoms with Crippen molar-refractivity contribution in [3.05, 3.63) is 59.2 Å². The van der Waals surface area contributed by atoms with Crippen LogP contribution in [0.3, 0.4) is 0 Å². The van der Waals surface area contributed by atoms with Crippen molar-refractivity contribution in [1.29, 1.82) is 0 Å². The highest BCUT2D eigenvalue weighted by molar-refractivity contribution is 6.12. The highest BCUT2D eigenvalue weighted by atomic mass is 19.1. The van der Waals surface area contributed by atoms with E-state index >= 15 is 0 Å². The zero-order valence-electron chi connectivity index (χ0n) is 19.9. The zero-order valence-corrected chi connectivity index (χ0v) is 19.9. The van der Waals surface area contributed by atoms with Crippen LogP contribution in [0.5, 0.6) is 5.75 Å². The highest BCUT2D eigenvalue weighted by Crippen LogP contribution is 2.41. The molecule has 0 bridgehead atoms. The van der Waals surface area contributed by atoms with Gasteiger partial charge >= 0.3 is 0 Å². The molecule has 178 valence electrons. The van der Waals surface area contributed by atoms with Crippen LogP contribution in [0.4, 0.5) is 15.8 Å². The van der Waals surface area contributed by atoms with E-state index in [0.717, 1.165) is 17.1 Å². The Labute approximate surface area is 197 Å². The molecule has 2 N–H and O–H groups in total. The summed E-state index contributed by atoms with van der Waals surface area (Å²) < 4.78 is 31.3. The van der Waals surface area contributed by atoms with E-state index < -0.39 is 0 Å². The fourth-order valence-corrected chi connectivity index (χ4v) is 3.85. The van der Waals surface area contributed by atoms with Crippen LogP contribution in [0.25, 0.3) is 22.3 Å². The quantitative estimate of drug-likeness (QED) is 0.320. The number of carbonyl (C=O) groups excluding carboxylic acids is 1. The fourth-order valence-electron chi connectivity index (χ4n) is 3.85. The number of aromatic nitrogens is 1. The number of benzene rings is 2. The van der Waals surface area contributed by atoms with Gasteiger partial charge in [-0.25, -0.2) is 4.39 Å². The minimum Gasteiger partial charge on any atom is -0.489 e. The topological polar surface area (TPSA) is 89.5 Å². The van der Waals surface area contributed by atoms with Crippen molar-refractivity contribution >= 4 is 28.3 Å². The molecule has 4 aromatic rings. The zero-order chi connectivity index (χ0) is 24.4. The van der Waals surface area contributed by atoms with Crippen molar-refractivity contribution < 1.29 is 22.9 Å². The van der Waals surface area contributed by atoms with Gasteiger partial charge in [-0.3, -0.25) is 4.79 Å². The number of rotatable bonds is 8. The smallest absolute Gasteiger partial charge is 0.255 e. The Bertz CT molecular complexity index is 1300. The van der Waals surface area contributed by atoms with Gasteiger partial charge in [0.2, 0.25) is 0 Å². The van der Waals surface area contributed by atoms with Crippen molar-refractivity contribution in [3.63, 3.8) is 0 Å². The van der Waals surface area contributed by atoms with E-state index in [-0.39, 0.29) is 17.8 Å². The average molecular weight is 466 g/mol. The number of aryl methyl sites for hydroxylation is 2. The number of halogens is 1. The first-order valence-corrected chi connectivity index (χ1v) is 11.4. The Balaban J connectivity index is 1.93. The Kier molecular flexibility index (Phi) is 6.58. The van der Waals surface area contributed by atoms with E-state index in [2.05, 4.69) is 15.8 Å². The maximum absolute atomic E-state index is 13.5. The van der Waals surface area contributed by atoms with Gasteiger partial charge in [0, 0.05) is 30.5 Å². The molecule has 2 aromatic carbocycles. The summed E-state index contributed by atoms with van der Waals surface area (Å²) in [5, 5.41) is 10.9. The molecule has 0 aliphatic rings. The number of nitrogens with one attached hydrogen (secondary N) is 2. The van der Waals surface area contributed by atoms with E-state index in [4.69, 9.17) is 13.7 Å². The number of ether oxygens (including phenoxy) is 1. The molecule has 0 unspecified atom stereocenters. The lowest BCUT2D eigenvalue weighted by atomic mass is 10.0. The van der Waals surface area contributed by atoms with Crippen LogP contribution in [-0.2, 0) is 12.8 Å². The van der Waals surface area contributed by atoms with Gasteiger partial charge < -0.3 is 24.3 Å². The lowest BCUT2D eigenvalue weighted by Gasteiger charge is -2.16. The van der Waals surface area contributed by atoms with Gasteiger partial charge in [-0.05, 0) is 50.6 Å². The van der Waals surface area contributed by atoms with Gasteiger partial charge in [0.05, 0.1) is 17.4 Å². The lowest BCUT2D eigenvalue weighted by molar-refractivity contribution is 0.0964. The first kappa shape index (κ1) is 23.4. The maximum Gasteiger partial charge on any atom is 0.255 e. The second kappa shape index (κ2) is 9.59. The molecule has 4 rings (SSSR count). The number of amides is 1. The van der Waals surface area contributed by atoms with Gasteiger partial charge in [0.15, 0.2) is 5.76 Å². The van der Waals surface area contributed by atoms with Crippen LogP contribution in [0.1, 0.15) is 49.5 Å². The summed E-state index contributed by atoms with van der Waals surface area (Å²) in [6.07, 6.45) is 1.27. The van der Waals surface area contributed by atoms with Crippen LogP contribution in [0.15, 0.2) is 45.3 Å². The summed E-state index contributed by atoms with van der Waals surface area (Å²) in [5.41, 5.74) is 3.72. The molecule has 0 aliphatic carbocycles. The van der Waals surface area contributed by atoms with E-state index in [0.29, 0.717) is 52.1 Å². The third kappa shape index (κ3) is 4.35. The van der Waals surface area contributed by atoms with Crippen molar-refractivity contribution in [2.75, 3.05) is 12.4 Å². The van der Waals surface area contributed by atoms with Gasteiger partial charge in [-0.2, -0.15) is 0 Å². The molecule has 1 amide bonds. The van der Waals surface area contributed by atoms with Gasteiger partial charge in [-0.1, -0.05) is 19.0 Å². The minimum atomic E-state index is -0.368. The maximum atomic E-state index is 13.5. The lowest BCUT2D eigenvalue weighted by Crippen LogP contribution is -2.18. The molecule has 0 atom stereocenters. The molecular formula is C26H28FN3O4. The molecule has 0 spiro atoms. The van der Waals surface area contributed by atoms with Gasteiger partial charge in [0.1, 0.15) is 34.3 Å². The second-order valence-corrected chi connectivity index (χ2v) is 8.16. The van der Waals surface area contributed by atoms with Gasteiger partial charge in [-0.15, -0.1) is 0 Å². The Morgan fingerprint density at radius 2 is 1.88 bits per heavy atom. The number of nitrogens with zero attached hydrogens (tertiary/aromatic N) is 1. The van der Waals surface area contributed by atoms with E-state index in [1.54, 1.807) is 31.3 Å². The van der Waals surface area contributed by atoms with E-state index in [1.165, 1.54) is 12.1 Å².